The lowest BCUT2D eigenvalue weighted by Gasteiger charge is -2.26. The van der Waals surface area contributed by atoms with Crippen LogP contribution in [0.15, 0.2) is 11.8 Å². The van der Waals surface area contributed by atoms with Crippen LogP contribution < -0.4 is 0 Å². The minimum absolute atomic E-state index is 0.242. The molecule has 1 aliphatic heterocycles. The topological polar surface area (TPSA) is 71.1 Å². The predicted molar refractivity (Wildman–Crippen MR) is 56.7 cm³/mol. The fraction of sp³-hybridized carbons (Fsp3) is 0.636. The van der Waals surface area contributed by atoms with E-state index in [-0.39, 0.29) is 6.42 Å². The molecule has 0 aromatic rings. The molecule has 0 aromatic carbocycles. The van der Waals surface area contributed by atoms with Crippen LogP contribution in [0, 0.1) is 5.92 Å². The molecule has 0 bridgehead atoms. The number of allylic oxidation sites excluding steroid dienone is 1. The molecule has 96 valence electrons. The first-order valence-corrected chi connectivity index (χ1v) is 5.07. The number of esters is 2. The Hall–Kier alpha value is -1.56. The average Bonchev–Trinajstić information content (AvgIpc) is 2.66. The zero-order valence-electron chi connectivity index (χ0n) is 10.3. The molecule has 1 fully saturated rings. The standard InChI is InChI=1S/C11H16O6/c1-11(16-4)8(10(13)15-3)5-7(17-11)6-9(12)14-2/h6,8H,5H2,1-4H3/b7-6+/t8-,11+/m0/s1. The van der Waals surface area contributed by atoms with Crippen molar-refractivity contribution in [3.8, 4) is 0 Å². The normalized spacial score (nSPS) is 29.9. The molecule has 6 nitrogen and oxygen atoms in total. The first-order chi connectivity index (χ1) is 7.96. The van der Waals surface area contributed by atoms with Crippen LogP contribution in [0.5, 0.6) is 0 Å². The molecule has 6 heteroatoms. The molecule has 1 saturated heterocycles. The van der Waals surface area contributed by atoms with Crippen molar-refractivity contribution in [3.63, 3.8) is 0 Å². The van der Waals surface area contributed by atoms with Gasteiger partial charge in [0, 0.05) is 20.5 Å². The van der Waals surface area contributed by atoms with E-state index in [2.05, 4.69) is 9.47 Å². The van der Waals surface area contributed by atoms with Gasteiger partial charge >= 0.3 is 11.9 Å². The average molecular weight is 244 g/mol. The van der Waals surface area contributed by atoms with Gasteiger partial charge in [0.25, 0.3) is 0 Å². The van der Waals surface area contributed by atoms with E-state index in [0.717, 1.165) is 0 Å². The Balaban J connectivity index is 2.90. The summed E-state index contributed by atoms with van der Waals surface area (Å²) >= 11 is 0. The first kappa shape index (κ1) is 13.5. The fourth-order valence-corrected chi connectivity index (χ4v) is 1.66. The summed E-state index contributed by atoms with van der Waals surface area (Å²) < 4.78 is 19.8. The highest BCUT2D eigenvalue weighted by Gasteiger charge is 2.49. The van der Waals surface area contributed by atoms with E-state index in [1.165, 1.54) is 27.4 Å². The fourth-order valence-electron chi connectivity index (χ4n) is 1.66. The summed E-state index contributed by atoms with van der Waals surface area (Å²) in [5.74, 6) is -2.36. The number of hydrogen-bond acceptors (Lipinski definition) is 6. The van der Waals surface area contributed by atoms with E-state index in [9.17, 15) is 9.59 Å². The quantitative estimate of drug-likeness (QED) is 0.535. The van der Waals surface area contributed by atoms with E-state index in [4.69, 9.17) is 9.47 Å². The summed E-state index contributed by atoms with van der Waals surface area (Å²) in [6, 6.07) is 0. The largest absolute Gasteiger partial charge is 0.469 e. The summed E-state index contributed by atoms with van der Waals surface area (Å²) in [5.41, 5.74) is 0. The molecule has 0 saturated carbocycles. The van der Waals surface area contributed by atoms with Crippen molar-refractivity contribution in [1.29, 1.82) is 0 Å². The lowest BCUT2D eigenvalue weighted by atomic mass is 9.98. The summed E-state index contributed by atoms with van der Waals surface area (Å²) in [5, 5.41) is 0. The van der Waals surface area contributed by atoms with Crippen LogP contribution in [0.1, 0.15) is 13.3 Å². The molecule has 1 rings (SSSR count). The van der Waals surface area contributed by atoms with Crippen molar-refractivity contribution >= 4 is 11.9 Å². The number of carbonyl (C=O) groups excluding carboxylic acids is 2. The third-order valence-corrected chi connectivity index (χ3v) is 2.74. The Labute approximate surface area is 99.5 Å². The lowest BCUT2D eigenvalue weighted by Crippen LogP contribution is -2.38. The van der Waals surface area contributed by atoms with Crippen molar-refractivity contribution < 1.29 is 28.5 Å². The van der Waals surface area contributed by atoms with Crippen LogP contribution in [0.25, 0.3) is 0 Å². The van der Waals surface area contributed by atoms with Crippen LogP contribution in [0.2, 0.25) is 0 Å². The zero-order chi connectivity index (χ0) is 13.1. The van der Waals surface area contributed by atoms with Crippen LogP contribution in [-0.4, -0.2) is 39.1 Å². The molecule has 0 unspecified atom stereocenters. The maximum atomic E-state index is 11.6. The monoisotopic (exact) mass is 244 g/mol. The number of carbonyl (C=O) groups is 2. The summed E-state index contributed by atoms with van der Waals surface area (Å²) in [6.07, 6.45) is 1.44. The molecule has 1 heterocycles. The smallest absolute Gasteiger partial charge is 0.333 e. The summed E-state index contributed by atoms with van der Waals surface area (Å²) in [6.45, 7) is 1.62. The van der Waals surface area contributed by atoms with E-state index in [1.807, 2.05) is 0 Å². The van der Waals surface area contributed by atoms with Gasteiger partial charge in [-0.15, -0.1) is 0 Å². The predicted octanol–water partition coefficient (Wildman–Crippen LogP) is 0.615. The van der Waals surface area contributed by atoms with E-state index < -0.39 is 23.6 Å². The van der Waals surface area contributed by atoms with Gasteiger partial charge in [0.1, 0.15) is 11.7 Å². The van der Waals surface area contributed by atoms with E-state index in [1.54, 1.807) is 6.92 Å². The van der Waals surface area contributed by atoms with Crippen LogP contribution >= 0.6 is 0 Å². The maximum Gasteiger partial charge on any atom is 0.333 e. The van der Waals surface area contributed by atoms with Gasteiger partial charge < -0.3 is 18.9 Å². The highest BCUT2D eigenvalue weighted by molar-refractivity contribution is 5.83. The second-order valence-corrected chi connectivity index (χ2v) is 3.74. The summed E-state index contributed by atoms with van der Waals surface area (Å²) in [4.78, 5) is 22.6. The Bertz CT molecular complexity index is 348. The lowest BCUT2D eigenvalue weighted by molar-refractivity contribution is -0.200. The maximum absolute atomic E-state index is 11.6. The minimum Gasteiger partial charge on any atom is -0.469 e. The number of methoxy groups -OCH3 is 3. The molecule has 0 radical (unpaired) electrons. The van der Waals surface area contributed by atoms with Crippen LogP contribution in [0.3, 0.4) is 0 Å². The Morgan fingerprint density at radius 1 is 1.35 bits per heavy atom. The van der Waals surface area contributed by atoms with E-state index >= 15 is 0 Å². The second kappa shape index (κ2) is 5.18. The second-order valence-electron chi connectivity index (χ2n) is 3.74. The van der Waals surface area contributed by atoms with Crippen molar-refractivity contribution in [2.24, 2.45) is 5.92 Å². The molecule has 1 aliphatic rings. The molecule has 2 atom stereocenters. The summed E-state index contributed by atoms with van der Waals surface area (Å²) in [7, 11) is 3.99. The van der Waals surface area contributed by atoms with Gasteiger partial charge in [-0.25, -0.2) is 4.79 Å². The molecule has 0 aliphatic carbocycles. The van der Waals surface area contributed by atoms with Gasteiger partial charge in [-0.2, -0.15) is 0 Å². The minimum atomic E-state index is -1.12. The van der Waals surface area contributed by atoms with Crippen LogP contribution in [-0.2, 0) is 28.5 Å². The van der Waals surface area contributed by atoms with Crippen molar-refractivity contribution in [1.82, 2.24) is 0 Å². The molecule has 0 spiro atoms. The van der Waals surface area contributed by atoms with Gasteiger partial charge in [0.15, 0.2) is 0 Å². The molecular formula is C11H16O6. The van der Waals surface area contributed by atoms with Crippen molar-refractivity contribution in [2.45, 2.75) is 19.1 Å². The van der Waals surface area contributed by atoms with Gasteiger partial charge in [-0.1, -0.05) is 0 Å². The Kier molecular flexibility index (Phi) is 4.11. The van der Waals surface area contributed by atoms with Gasteiger partial charge in [-0.05, 0) is 0 Å². The number of ether oxygens (including phenoxy) is 4. The Morgan fingerprint density at radius 2 is 2.00 bits per heavy atom. The molecular weight excluding hydrogens is 228 g/mol. The third kappa shape index (κ3) is 2.76. The Morgan fingerprint density at radius 3 is 2.47 bits per heavy atom. The highest BCUT2D eigenvalue weighted by atomic mass is 16.7. The first-order valence-electron chi connectivity index (χ1n) is 5.07. The van der Waals surface area contributed by atoms with Crippen molar-refractivity contribution in [2.75, 3.05) is 21.3 Å². The molecule has 0 amide bonds. The number of rotatable bonds is 3. The van der Waals surface area contributed by atoms with Gasteiger partial charge in [0.05, 0.1) is 20.3 Å². The molecule has 17 heavy (non-hydrogen) atoms. The molecule has 0 N–H and O–H groups in total. The molecule has 0 aromatic heterocycles. The SMILES string of the molecule is COC(=O)/C=C1\C[C@@H](C(=O)OC)[C@](C)(OC)O1. The number of hydrogen-bond donors (Lipinski definition) is 0. The van der Waals surface area contributed by atoms with Crippen molar-refractivity contribution in [3.05, 3.63) is 11.8 Å². The van der Waals surface area contributed by atoms with Gasteiger partial charge in [0.2, 0.25) is 5.79 Å². The van der Waals surface area contributed by atoms with Gasteiger partial charge in [-0.3, -0.25) is 4.79 Å². The van der Waals surface area contributed by atoms with E-state index in [0.29, 0.717) is 5.76 Å². The zero-order valence-corrected chi connectivity index (χ0v) is 10.3. The van der Waals surface area contributed by atoms with Crippen LogP contribution in [0.4, 0.5) is 0 Å². The third-order valence-electron chi connectivity index (χ3n) is 2.74. The highest BCUT2D eigenvalue weighted by Crippen LogP contribution is 2.39.